The lowest BCUT2D eigenvalue weighted by atomic mass is 10.1. The van der Waals surface area contributed by atoms with Crippen molar-refractivity contribution in [2.75, 3.05) is 14.1 Å². The highest BCUT2D eigenvalue weighted by atomic mass is 16.3. The molecule has 1 aromatic carbocycles. The molecular formula is C15H19N3O2. The highest BCUT2D eigenvalue weighted by molar-refractivity contribution is 5.94. The number of nitrogens with zero attached hydrogens (tertiary/aromatic N) is 3. The van der Waals surface area contributed by atoms with Crippen molar-refractivity contribution in [1.29, 1.82) is 0 Å². The lowest BCUT2D eigenvalue weighted by Gasteiger charge is -2.13. The molecule has 106 valence electrons. The van der Waals surface area contributed by atoms with E-state index in [9.17, 15) is 9.90 Å². The van der Waals surface area contributed by atoms with Gasteiger partial charge in [0.15, 0.2) is 0 Å². The van der Waals surface area contributed by atoms with Crippen LogP contribution in [-0.2, 0) is 6.54 Å². The number of hydrogen-bond donors (Lipinski definition) is 1. The summed E-state index contributed by atoms with van der Waals surface area (Å²) in [5.74, 6) is 0.600. The summed E-state index contributed by atoms with van der Waals surface area (Å²) in [5.41, 5.74) is 1.66. The van der Waals surface area contributed by atoms with Crippen LogP contribution in [0, 0.1) is 0 Å². The highest BCUT2D eigenvalue weighted by Gasteiger charge is 2.11. The van der Waals surface area contributed by atoms with Gasteiger partial charge in [-0.15, -0.1) is 0 Å². The van der Waals surface area contributed by atoms with Crippen molar-refractivity contribution in [1.82, 2.24) is 14.5 Å². The molecule has 1 N–H and O–H groups in total. The van der Waals surface area contributed by atoms with E-state index in [2.05, 4.69) is 4.98 Å². The van der Waals surface area contributed by atoms with Crippen LogP contribution >= 0.6 is 0 Å². The van der Waals surface area contributed by atoms with E-state index in [4.69, 9.17) is 0 Å². The van der Waals surface area contributed by atoms with Crippen molar-refractivity contribution in [3.63, 3.8) is 0 Å². The van der Waals surface area contributed by atoms with Gasteiger partial charge in [0.1, 0.15) is 11.9 Å². The fourth-order valence-corrected chi connectivity index (χ4v) is 2.08. The van der Waals surface area contributed by atoms with Gasteiger partial charge in [-0.1, -0.05) is 12.1 Å². The van der Waals surface area contributed by atoms with Crippen molar-refractivity contribution in [2.24, 2.45) is 0 Å². The Balaban J connectivity index is 2.24. The molecule has 0 fully saturated rings. The second-order valence-corrected chi connectivity index (χ2v) is 4.99. The molecule has 1 atom stereocenters. The molecular weight excluding hydrogens is 254 g/mol. The Hall–Kier alpha value is -2.14. The molecule has 5 nitrogen and oxygen atoms in total. The Morgan fingerprint density at radius 3 is 2.85 bits per heavy atom. The maximum Gasteiger partial charge on any atom is 0.253 e. The average molecular weight is 273 g/mol. The quantitative estimate of drug-likeness (QED) is 0.922. The molecule has 0 radical (unpaired) electrons. The number of benzene rings is 1. The lowest BCUT2D eigenvalue weighted by Crippen LogP contribution is -2.21. The summed E-state index contributed by atoms with van der Waals surface area (Å²) in [6.07, 6.45) is 2.87. The summed E-state index contributed by atoms with van der Waals surface area (Å²) in [4.78, 5) is 17.6. The van der Waals surface area contributed by atoms with Gasteiger partial charge in [-0.25, -0.2) is 4.98 Å². The van der Waals surface area contributed by atoms with Gasteiger partial charge < -0.3 is 14.6 Å². The van der Waals surface area contributed by atoms with Gasteiger partial charge in [-0.2, -0.15) is 0 Å². The van der Waals surface area contributed by atoms with E-state index in [1.54, 1.807) is 38.2 Å². The van der Waals surface area contributed by atoms with Gasteiger partial charge in [0.25, 0.3) is 5.91 Å². The van der Waals surface area contributed by atoms with Crippen LogP contribution in [0.25, 0.3) is 0 Å². The van der Waals surface area contributed by atoms with E-state index in [0.717, 1.165) is 5.56 Å². The average Bonchev–Trinajstić information content (AvgIpc) is 2.86. The Morgan fingerprint density at radius 1 is 1.45 bits per heavy atom. The Labute approximate surface area is 118 Å². The Bertz CT molecular complexity index is 603. The van der Waals surface area contributed by atoms with Crippen molar-refractivity contribution < 1.29 is 9.90 Å². The standard InChI is InChI=1S/C15H19N3O2/c1-11(19)14-16-7-8-18(14)10-12-5-4-6-13(9-12)15(20)17(2)3/h4-9,11,19H,10H2,1-3H3. The molecule has 1 heterocycles. The molecule has 0 aliphatic carbocycles. The third-order valence-corrected chi connectivity index (χ3v) is 3.05. The minimum absolute atomic E-state index is 0.0202. The molecule has 20 heavy (non-hydrogen) atoms. The molecule has 0 saturated carbocycles. The van der Waals surface area contributed by atoms with E-state index in [1.165, 1.54) is 0 Å². The smallest absolute Gasteiger partial charge is 0.253 e. The largest absolute Gasteiger partial charge is 0.385 e. The Kier molecular flexibility index (Phi) is 4.20. The van der Waals surface area contributed by atoms with Gasteiger partial charge in [-0.3, -0.25) is 4.79 Å². The summed E-state index contributed by atoms with van der Waals surface area (Å²) < 4.78 is 1.88. The number of aliphatic hydroxyl groups is 1. The molecule has 0 aliphatic heterocycles. The predicted molar refractivity (Wildman–Crippen MR) is 76.4 cm³/mol. The molecule has 0 aliphatic rings. The van der Waals surface area contributed by atoms with Crippen LogP contribution < -0.4 is 0 Å². The van der Waals surface area contributed by atoms with Gasteiger partial charge in [0, 0.05) is 38.6 Å². The molecule has 0 bridgehead atoms. The number of carbonyl (C=O) groups is 1. The van der Waals surface area contributed by atoms with Crippen LogP contribution in [0.15, 0.2) is 36.7 Å². The number of hydrogen-bond acceptors (Lipinski definition) is 3. The molecule has 2 rings (SSSR count). The second kappa shape index (κ2) is 5.88. The molecule has 1 amide bonds. The zero-order chi connectivity index (χ0) is 14.7. The SMILES string of the molecule is CC(O)c1nccn1Cc1cccc(C(=O)N(C)C)c1. The Morgan fingerprint density at radius 2 is 2.20 bits per heavy atom. The molecule has 1 unspecified atom stereocenters. The molecule has 1 aromatic heterocycles. The van der Waals surface area contributed by atoms with Crippen molar-refractivity contribution in [2.45, 2.75) is 19.6 Å². The first-order valence-corrected chi connectivity index (χ1v) is 6.48. The number of rotatable bonds is 4. The van der Waals surface area contributed by atoms with Crippen molar-refractivity contribution in [3.8, 4) is 0 Å². The summed E-state index contributed by atoms with van der Waals surface area (Å²) in [7, 11) is 3.47. The molecule has 0 spiro atoms. The maximum atomic E-state index is 11.9. The minimum Gasteiger partial charge on any atom is -0.385 e. The highest BCUT2D eigenvalue weighted by Crippen LogP contribution is 2.13. The molecule has 0 saturated heterocycles. The second-order valence-electron chi connectivity index (χ2n) is 4.99. The van der Waals surface area contributed by atoms with Crippen molar-refractivity contribution in [3.05, 3.63) is 53.6 Å². The van der Waals surface area contributed by atoms with E-state index in [-0.39, 0.29) is 5.91 Å². The van der Waals surface area contributed by atoms with Crippen molar-refractivity contribution >= 4 is 5.91 Å². The number of carbonyl (C=O) groups excluding carboxylic acids is 1. The van der Waals surface area contributed by atoms with Crippen LogP contribution in [0.2, 0.25) is 0 Å². The topological polar surface area (TPSA) is 58.4 Å². The number of aliphatic hydroxyl groups excluding tert-OH is 1. The van der Waals surface area contributed by atoms with E-state index in [1.807, 2.05) is 29.0 Å². The molecule has 5 heteroatoms. The summed E-state index contributed by atoms with van der Waals surface area (Å²) in [5, 5.41) is 9.64. The molecule has 2 aromatic rings. The first-order chi connectivity index (χ1) is 9.49. The number of aromatic nitrogens is 2. The fraction of sp³-hybridized carbons (Fsp3) is 0.333. The third kappa shape index (κ3) is 3.05. The first kappa shape index (κ1) is 14.3. The number of amides is 1. The summed E-state index contributed by atoms with van der Waals surface area (Å²) >= 11 is 0. The van der Waals surface area contributed by atoms with Gasteiger partial charge >= 0.3 is 0 Å². The first-order valence-electron chi connectivity index (χ1n) is 6.48. The third-order valence-electron chi connectivity index (χ3n) is 3.05. The maximum absolute atomic E-state index is 11.9. The minimum atomic E-state index is -0.614. The number of imidazole rings is 1. The summed E-state index contributed by atoms with van der Waals surface area (Å²) in [6.45, 7) is 2.26. The van der Waals surface area contributed by atoms with E-state index < -0.39 is 6.10 Å². The monoisotopic (exact) mass is 273 g/mol. The van der Waals surface area contributed by atoms with E-state index in [0.29, 0.717) is 17.9 Å². The van der Waals surface area contributed by atoms with E-state index >= 15 is 0 Å². The normalized spacial score (nSPS) is 12.2. The van der Waals surface area contributed by atoms with Crippen LogP contribution in [0.1, 0.15) is 34.8 Å². The summed E-state index contributed by atoms with van der Waals surface area (Å²) in [6, 6.07) is 7.49. The zero-order valence-corrected chi connectivity index (χ0v) is 11.9. The van der Waals surface area contributed by atoms with Gasteiger partial charge in [0.2, 0.25) is 0 Å². The van der Waals surface area contributed by atoms with Crippen LogP contribution in [-0.4, -0.2) is 39.6 Å². The van der Waals surface area contributed by atoms with Gasteiger partial charge in [0.05, 0.1) is 0 Å². The van der Waals surface area contributed by atoms with Gasteiger partial charge in [-0.05, 0) is 24.6 Å². The van der Waals surface area contributed by atoms with Crippen LogP contribution in [0.4, 0.5) is 0 Å². The van der Waals surface area contributed by atoms with Crippen LogP contribution in [0.3, 0.4) is 0 Å². The van der Waals surface area contributed by atoms with Crippen LogP contribution in [0.5, 0.6) is 0 Å². The lowest BCUT2D eigenvalue weighted by molar-refractivity contribution is 0.0827. The zero-order valence-electron chi connectivity index (χ0n) is 11.9. The predicted octanol–water partition coefficient (Wildman–Crippen LogP) is 1.69. The fourth-order valence-electron chi connectivity index (χ4n) is 2.08.